The molecule has 0 radical (unpaired) electrons. The molecule has 0 fully saturated rings. The van der Waals surface area contributed by atoms with Crippen LogP contribution < -0.4 is 4.90 Å². The highest BCUT2D eigenvalue weighted by molar-refractivity contribution is 5.75. The second-order valence-electron chi connectivity index (χ2n) is 4.79. The zero-order valence-corrected chi connectivity index (χ0v) is 14.8. The van der Waals surface area contributed by atoms with E-state index in [1.807, 2.05) is 33.8 Å². The molecule has 0 unspecified atom stereocenters. The smallest absolute Gasteiger partial charge is 0.115 e. The average molecular weight is 310 g/mol. The molecular formula is C19H26N4. The highest BCUT2D eigenvalue weighted by Crippen LogP contribution is 2.33. The van der Waals surface area contributed by atoms with Crippen molar-refractivity contribution in [2.75, 3.05) is 18.5 Å². The van der Waals surface area contributed by atoms with Gasteiger partial charge in [0.15, 0.2) is 0 Å². The monoisotopic (exact) mass is 310 g/mol. The third-order valence-corrected chi connectivity index (χ3v) is 3.56. The molecule has 0 saturated heterocycles. The Hall–Kier alpha value is -2.41. The Balaban J connectivity index is 0.000000615. The van der Waals surface area contributed by atoms with Gasteiger partial charge in [-0.15, -0.1) is 0 Å². The van der Waals surface area contributed by atoms with Gasteiger partial charge in [0, 0.05) is 42.8 Å². The Labute approximate surface area is 139 Å². The molecule has 0 amide bonds. The van der Waals surface area contributed by atoms with Crippen molar-refractivity contribution in [3.05, 3.63) is 42.0 Å². The summed E-state index contributed by atoms with van der Waals surface area (Å²) in [6.45, 7) is 9.05. The lowest BCUT2D eigenvalue weighted by atomic mass is 9.94. The van der Waals surface area contributed by atoms with Gasteiger partial charge in [-0.05, 0) is 30.5 Å². The summed E-state index contributed by atoms with van der Waals surface area (Å²) in [4.78, 5) is 10.3. The van der Waals surface area contributed by atoms with Crippen molar-refractivity contribution in [1.82, 2.24) is 9.97 Å². The van der Waals surface area contributed by atoms with Crippen LogP contribution in [0.25, 0.3) is 11.1 Å². The van der Waals surface area contributed by atoms with E-state index < -0.39 is 0 Å². The van der Waals surface area contributed by atoms with Crippen LogP contribution in [0.4, 0.5) is 5.69 Å². The largest absolute Gasteiger partial charge is 0.374 e. The molecule has 23 heavy (non-hydrogen) atoms. The van der Waals surface area contributed by atoms with Gasteiger partial charge < -0.3 is 4.90 Å². The maximum absolute atomic E-state index is 9.36. The molecule has 0 spiro atoms. The molecule has 2 heterocycles. The molecule has 122 valence electrons. The van der Waals surface area contributed by atoms with Crippen LogP contribution in [0.1, 0.15) is 45.2 Å². The first kappa shape index (κ1) is 18.6. The number of benzene rings is 1. The van der Waals surface area contributed by atoms with Crippen LogP contribution in [0.5, 0.6) is 0 Å². The molecule has 1 aliphatic heterocycles. The van der Waals surface area contributed by atoms with Gasteiger partial charge >= 0.3 is 0 Å². The first-order valence-corrected chi connectivity index (χ1v) is 8.33. The molecule has 4 heteroatoms. The molecule has 0 atom stereocenters. The standard InChI is InChI=1S/C15H14N4.2C2H6/c1-19-4-2-3-11-5-14(12(7-16)6-15(11)19)13-8-17-10-18-9-13;2*1-2/h5-6,8-10H,2-4H2,1H3;2*1-2H3. The molecule has 0 aliphatic carbocycles. The quantitative estimate of drug-likeness (QED) is 0.781. The van der Waals surface area contributed by atoms with Crippen molar-refractivity contribution < 1.29 is 0 Å². The second kappa shape index (κ2) is 9.58. The molecule has 4 nitrogen and oxygen atoms in total. The van der Waals surface area contributed by atoms with Crippen LogP contribution >= 0.6 is 0 Å². The van der Waals surface area contributed by atoms with Gasteiger partial charge in [0.05, 0.1) is 11.6 Å². The fourth-order valence-electron chi connectivity index (χ4n) is 2.59. The van der Waals surface area contributed by atoms with Crippen molar-refractivity contribution in [3.63, 3.8) is 0 Å². The SMILES string of the molecule is CC.CC.CN1CCCc2cc(-c3cncnc3)c(C#N)cc21. The van der Waals surface area contributed by atoms with Crippen LogP contribution in [-0.4, -0.2) is 23.6 Å². The lowest BCUT2D eigenvalue weighted by Gasteiger charge is -2.28. The number of aryl methyl sites for hydroxylation is 1. The van der Waals surface area contributed by atoms with Gasteiger partial charge in [-0.1, -0.05) is 27.7 Å². The summed E-state index contributed by atoms with van der Waals surface area (Å²) in [7, 11) is 2.07. The van der Waals surface area contributed by atoms with Gasteiger partial charge in [0.25, 0.3) is 0 Å². The van der Waals surface area contributed by atoms with Crippen molar-refractivity contribution in [3.8, 4) is 17.2 Å². The molecule has 0 N–H and O–H groups in total. The Morgan fingerprint density at radius 2 is 1.74 bits per heavy atom. The number of nitriles is 1. The zero-order chi connectivity index (χ0) is 17.2. The van der Waals surface area contributed by atoms with Crippen LogP contribution in [0.3, 0.4) is 0 Å². The number of anilines is 1. The number of nitrogens with zero attached hydrogens (tertiary/aromatic N) is 4. The average Bonchev–Trinajstić information content (AvgIpc) is 2.65. The van der Waals surface area contributed by atoms with Gasteiger partial charge in [0.2, 0.25) is 0 Å². The Morgan fingerprint density at radius 1 is 1.09 bits per heavy atom. The van der Waals surface area contributed by atoms with E-state index in [1.54, 1.807) is 12.4 Å². The zero-order valence-electron chi connectivity index (χ0n) is 14.8. The highest BCUT2D eigenvalue weighted by Gasteiger charge is 2.17. The van der Waals surface area contributed by atoms with Gasteiger partial charge in [-0.3, -0.25) is 0 Å². The topological polar surface area (TPSA) is 52.8 Å². The lowest BCUT2D eigenvalue weighted by Crippen LogP contribution is -2.24. The van der Waals surface area contributed by atoms with Gasteiger partial charge in [-0.25, -0.2) is 9.97 Å². The lowest BCUT2D eigenvalue weighted by molar-refractivity contribution is 0.744. The molecular weight excluding hydrogens is 284 g/mol. The van der Waals surface area contributed by atoms with E-state index in [1.165, 1.54) is 17.6 Å². The molecule has 1 aromatic heterocycles. The van der Waals surface area contributed by atoms with E-state index in [0.717, 1.165) is 30.5 Å². The number of fused-ring (bicyclic) bond motifs is 1. The first-order valence-electron chi connectivity index (χ1n) is 8.33. The van der Waals surface area contributed by atoms with E-state index in [9.17, 15) is 5.26 Å². The minimum Gasteiger partial charge on any atom is -0.374 e. The van der Waals surface area contributed by atoms with Crippen LogP contribution in [0.15, 0.2) is 30.9 Å². The molecule has 0 bridgehead atoms. The fraction of sp³-hybridized carbons (Fsp3) is 0.421. The third kappa shape index (κ3) is 4.29. The molecule has 0 saturated carbocycles. The number of rotatable bonds is 1. The van der Waals surface area contributed by atoms with Crippen molar-refractivity contribution >= 4 is 5.69 Å². The van der Waals surface area contributed by atoms with E-state index in [2.05, 4.69) is 34.1 Å². The van der Waals surface area contributed by atoms with Crippen LogP contribution in [0.2, 0.25) is 0 Å². The normalized spacial score (nSPS) is 11.9. The van der Waals surface area contributed by atoms with Crippen LogP contribution in [0, 0.1) is 11.3 Å². The predicted molar refractivity (Wildman–Crippen MR) is 96.5 cm³/mol. The van der Waals surface area contributed by atoms with Crippen molar-refractivity contribution in [1.29, 1.82) is 5.26 Å². The second-order valence-corrected chi connectivity index (χ2v) is 4.79. The molecule has 1 aliphatic rings. The van der Waals surface area contributed by atoms with E-state index >= 15 is 0 Å². The summed E-state index contributed by atoms with van der Waals surface area (Å²) in [5, 5.41) is 9.36. The maximum Gasteiger partial charge on any atom is 0.115 e. The summed E-state index contributed by atoms with van der Waals surface area (Å²) >= 11 is 0. The number of aromatic nitrogens is 2. The van der Waals surface area contributed by atoms with E-state index in [4.69, 9.17) is 0 Å². The fourth-order valence-corrected chi connectivity index (χ4v) is 2.59. The molecule has 3 rings (SSSR count). The minimum absolute atomic E-state index is 0.683. The Kier molecular flexibility index (Phi) is 7.76. The van der Waals surface area contributed by atoms with Crippen molar-refractivity contribution in [2.24, 2.45) is 0 Å². The molecule has 1 aromatic carbocycles. The van der Waals surface area contributed by atoms with Crippen LogP contribution in [-0.2, 0) is 6.42 Å². The van der Waals surface area contributed by atoms with E-state index in [0.29, 0.717) is 5.56 Å². The summed E-state index contributed by atoms with van der Waals surface area (Å²) in [5.74, 6) is 0. The highest BCUT2D eigenvalue weighted by atomic mass is 15.1. The van der Waals surface area contributed by atoms with Gasteiger partial charge in [0.1, 0.15) is 6.33 Å². The van der Waals surface area contributed by atoms with E-state index in [-0.39, 0.29) is 0 Å². The number of hydrogen-bond donors (Lipinski definition) is 0. The summed E-state index contributed by atoms with van der Waals surface area (Å²) in [5.41, 5.74) is 4.98. The summed E-state index contributed by atoms with van der Waals surface area (Å²) in [6.07, 6.45) is 7.22. The van der Waals surface area contributed by atoms with Crippen molar-refractivity contribution in [2.45, 2.75) is 40.5 Å². The summed E-state index contributed by atoms with van der Waals surface area (Å²) < 4.78 is 0. The third-order valence-electron chi connectivity index (χ3n) is 3.56. The van der Waals surface area contributed by atoms with Gasteiger partial charge in [-0.2, -0.15) is 5.26 Å². The predicted octanol–water partition coefficient (Wildman–Crippen LogP) is 4.45. The maximum atomic E-state index is 9.36. The Morgan fingerprint density at radius 3 is 2.35 bits per heavy atom. The minimum atomic E-state index is 0.683. The number of hydrogen-bond acceptors (Lipinski definition) is 4. The first-order chi connectivity index (χ1) is 11.3. The summed E-state index contributed by atoms with van der Waals surface area (Å²) in [6, 6.07) is 6.38. The molecule has 2 aromatic rings. The Bertz CT molecular complexity index is 644.